The van der Waals surface area contributed by atoms with Gasteiger partial charge in [-0.05, 0) is 31.5 Å². The second-order valence-electron chi connectivity index (χ2n) is 8.36. The highest BCUT2D eigenvalue weighted by Gasteiger charge is 2.23. The maximum atomic E-state index is 13.1. The van der Waals surface area contributed by atoms with Crippen LogP contribution in [0.1, 0.15) is 25.6 Å². The van der Waals surface area contributed by atoms with Crippen LogP contribution in [-0.2, 0) is 31.2 Å². The molecule has 0 aliphatic rings. The molecule has 2 aromatic carbocycles. The maximum Gasteiger partial charge on any atom is 0.328 e. The van der Waals surface area contributed by atoms with Crippen molar-refractivity contribution in [3.05, 3.63) is 58.9 Å². The van der Waals surface area contributed by atoms with Crippen molar-refractivity contribution < 1.29 is 17.9 Å². The van der Waals surface area contributed by atoms with Crippen molar-refractivity contribution >= 4 is 26.7 Å². The highest BCUT2D eigenvalue weighted by molar-refractivity contribution is 7.92. The van der Waals surface area contributed by atoms with Crippen LogP contribution in [0.15, 0.2) is 52.4 Å². The van der Waals surface area contributed by atoms with E-state index < -0.39 is 10.0 Å². The van der Waals surface area contributed by atoms with Gasteiger partial charge in [-0.2, -0.15) is 8.42 Å². The Morgan fingerprint density at radius 2 is 1.71 bits per heavy atom. The lowest BCUT2D eigenvalue weighted by Gasteiger charge is -2.14. The molecule has 4 rings (SSSR count). The minimum atomic E-state index is -4.02. The van der Waals surface area contributed by atoms with Gasteiger partial charge in [0, 0.05) is 39.5 Å². The van der Waals surface area contributed by atoms with Gasteiger partial charge in [-0.1, -0.05) is 19.4 Å². The van der Waals surface area contributed by atoms with Crippen molar-refractivity contribution in [3.8, 4) is 17.2 Å². The summed E-state index contributed by atoms with van der Waals surface area (Å²) >= 11 is 0. The van der Waals surface area contributed by atoms with Gasteiger partial charge in [0.05, 0.1) is 23.3 Å². The molecule has 1 N–H and O–H groups in total. The molecular weight excluding hydrogens is 470 g/mol. The zero-order valence-corrected chi connectivity index (χ0v) is 21.2. The van der Waals surface area contributed by atoms with E-state index in [2.05, 4.69) is 16.6 Å². The molecule has 0 atom stereocenters. The van der Waals surface area contributed by atoms with Crippen LogP contribution in [0, 0.1) is 6.92 Å². The quantitative estimate of drug-likeness (QED) is 0.352. The number of aryl methyl sites for hydroxylation is 4. The molecule has 10 nitrogen and oxygen atoms in total. The Bertz CT molecular complexity index is 1530. The first-order chi connectivity index (χ1) is 16.6. The fourth-order valence-electron chi connectivity index (χ4n) is 3.63. The summed E-state index contributed by atoms with van der Waals surface area (Å²) in [5, 5.41) is -0.114. The van der Waals surface area contributed by atoms with Crippen LogP contribution < -0.4 is 19.9 Å². The number of imidazole rings is 2. The number of rotatable bonds is 9. The SMILES string of the molecule is CCCCOc1cccc(Oc2cc3c(cc2NS(=O)(=O)c2cn(C)c(C)n2)n(C)c(=O)n3C)c1. The number of anilines is 1. The topological polar surface area (TPSA) is 109 Å². The van der Waals surface area contributed by atoms with Gasteiger partial charge in [-0.25, -0.2) is 9.78 Å². The zero-order valence-electron chi connectivity index (χ0n) is 20.4. The van der Waals surface area contributed by atoms with Crippen LogP contribution in [0.5, 0.6) is 17.2 Å². The number of unbranched alkanes of at least 4 members (excludes halogenated alkanes) is 1. The van der Waals surface area contributed by atoms with Crippen LogP contribution in [0.25, 0.3) is 11.0 Å². The summed E-state index contributed by atoms with van der Waals surface area (Å²) in [5.41, 5.74) is 1.09. The van der Waals surface area contributed by atoms with Gasteiger partial charge in [0.1, 0.15) is 17.3 Å². The Labute approximate surface area is 203 Å². The van der Waals surface area contributed by atoms with Gasteiger partial charge in [-0.15, -0.1) is 0 Å². The van der Waals surface area contributed by atoms with Crippen molar-refractivity contribution in [1.82, 2.24) is 18.7 Å². The second kappa shape index (κ2) is 9.49. The van der Waals surface area contributed by atoms with Gasteiger partial charge < -0.3 is 14.0 Å². The van der Waals surface area contributed by atoms with Gasteiger partial charge in [0.25, 0.3) is 10.0 Å². The molecule has 0 aliphatic carbocycles. The maximum absolute atomic E-state index is 13.1. The number of nitrogens with one attached hydrogen (secondary N) is 1. The summed E-state index contributed by atoms with van der Waals surface area (Å²) in [4.78, 5) is 16.6. The largest absolute Gasteiger partial charge is 0.493 e. The first kappa shape index (κ1) is 24.4. The highest BCUT2D eigenvalue weighted by Crippen LogP contribution is 2.36. The van der Waals surface area contributed by atoms with Gasteiger partial charge >= 0.3 is 5.69 Å². The molecule has 4 aromatic rings. The third kappa shape index (κ3) is 4.90. The Hall–Kier alpha value is -3.73. The van der Waals surface area contributed by atoms with Gasteiger partial charge in [-0.3, -0.25) is 13.9 Å². The Balaban J connectivity index is 1.77. The van der Waals surface area contributed by atoms with Crippen LogP contribution in [0.3, 0.4) is 0 Å². The lowest BCUT2D eigenvalue weighted by Crippen LogP contribution is -2.19. The lowest BCUT2D eigenvalue weighted by molar-refractivity contribution is 0.308. The molecule has 11 heteroatoms. The second-order valence-corrected chi connectivity index (χ2v) is 9.99. The molecule has 0 aliphatic heterocycles. The number of sulfonamides is 1. The summed E-state index contributed by atoms with van der Waals surface area (Å²) in [6, 6.07) is 10.4. The minimum Gasteiger partial charge on any atom is -0.493 e. The van der Waals surface area contributed by atoms with E-state index >= 15 is 0 Å². The van der Waals surface area contributed by atoms with Crippen LogP contribution >= 0.6 is 0 Å². The van der Waals surface area contributed by atoms with E-state index in [0.29, 0.717) is 35.0 Å². The van der Waals surface area contributed by atoms with Crippen molar-refractivity contribution in [3.63, 3.8) is 0 Å². The van der Waals surface area contributed by atoms with Crippen molar-refractivity contribution in [1.29, 1.82) is 0 Å². The van der Waals surface area contributed by atoms with Crippen LogP contribution in [0.4, 0.5) is 5.69 Å². The number of nitrogens with zero attached hydrogens (tertiary/aromatic N) is 4. The monoisotopic (exact) mass is 499 g/mol. The Morgan fingerprint density at radius 1 is 1.03 bits per heavy atom. The van der Waals surface area contributed by atoms with Crippen LogP contribution in [-0.4, -0.2) is 33.7 Å². The summed E-state index contributed by atoms with van der Waals surface area (Å²) in [6.07, 6.45) is 3.39. The van der Waals surface area contributed by atoms with E-state index in [9.17, 15) is 13.2 Å². The molecule has 2 heterocycles. The average molecular weight is 500 g/mol. The molecule has 2 aromatic heterocycles. The van der Waals surface area contributed by atoms with E-state index in [0.717, 1.165) is 12.8 Å². The summed E-state index contributed by atoms with van der Waals surface area (Å²) in [7, 11) is 0.979. The van der Waals surface area contributed by atoms with Gasteiger partial charge in [0.2, 0.25) is 0 Å². The number of benzene rings is 2. The molecule has 0 radical (unpaired) electrons. The third-order valence-corrected chi connectivity index (χ3v) is 7.02. The average Bonchev–Trinajstić information content (AvgIpc) is 3.26. The fraction of sp³-hybridized carbons (Fsp3) is 0.333. The zero-order chi connectivity index (χ0) is 25.3. The fourth-order valence-corrected chi connectivity index (χ4v) is 4.73. The molecular formula is C24H29N5O5S. The van der Waals surface area contributed by atoms with Crippen molar-refractivity contribution in [2.75, 3.05) is 11.3 Å². The molecule has 186 valence electrons. The van der Waals surface area contributed by atoms with Crippen molar-refractivity contribution in [2.45, 2.75) is 31.7 Å². The smallest absolute Gasteiger partial charge is 0.328 e. The molecule has 0 bridgehead atoms. The number of hydrogen-bond acceptors (Lipinski definition) is 6. The predicted octanol–water partition coefficient (Wildman–Crippen LogP) is 3.69. The van der Waals surface area contributed by atoms with E-state index in [1.807, 2.05) is 6.07 Å². The van der Waals surface area contributed by atoms with Crippen LogP contribution in [0.2, 0.25) is 0 Å². The van der Waals surface area contributed by atoms with Crippen molar-refractivity contribution in [2.24, 2.45) is 21.1 Å². The Kier molecular flexibility index (Phi) is 6.62. The predicted molar refractivity (Wildman–Crippen MR) is 134 cm³/mol. The molecule has 0 saturated carbocycles. The standard InChI is InChI=1S/C24H29N5O5S/c1-6-7-11-33-17-9-8-10-18(12-17)34-22-14-21-20(28(4)24(30)29(21)5)13-19(22)26-35(31,32)23-15-27(3)16(2)25-23/h8-10,12-15,26H,6-7,11H2,1-5H3. The van der Waals surface area contributed by atoms with E-state index in [1.165, 1.54) is 15.3 Å². The first-order valence-corrected chi connectivity index (χ1v) is 12.7. The normalized spacial score (nSPS) is 11.7. The number of hydrogen-bond donors (Lipinski definition) is 1. The highest BCUT2D eigenvalue weighted by atomic mass is 32.2. The number of aromatic nitrogens is 4. The number of fused-ring (bicyclic) bond motifs is 1. The molecule has 0 amide bonds. The van der Waals surface area contributed by atoms with E-state index in [4.69, 9.17) is 9.47 Å². The Morgan fingerprint density at radius 3 is 2.37 bits per heavy atom. The molecule has 35 heavy (non-hydrogen) atoms. The van der Waals surface area contributed by atoms with E-state index in [1.54, 1.807) is 63.0 Å². The summed E-state index contributed by atoms with van der Waals surface area (Å²) in [5.74, 6) is 1.91. The molecule has 0 fully saturated rings. The summed E-state index contributed by atoms with van der Waals surface area (Å²) in [6.45, 7) is 4.40. The summed E-state index contributed by atoms with van der Waals surface area (Å²) < 4.78 is 45.3. The number of ether oxygens (including phenoxy) is 2. The van der Waals surface area contributed by atoms with Gasteiger partial charge in [0.15, 0.2) is 10.8 Å². The lowest BCUT2D eigenvalue weighted by atomic mass is 10.2. The molecule has 0 spiro atoms. The molecule has 0 saturated heterocycles. The minimum absolute atomic E-state index is 0.114. The third-order valence-electron chi connectivity index (χ3n) is 5.78. The first-order valence-electron chi connectivity index (χ1n) is 11.2. The van der Waals surface area contributed by atoms with E-state index in [-0.39, 0.29) is 22.2 Å². The molecule has 0 unspecified atom stereocenters.